The Hall–Kier alpha value is -3.00. The van der Waals surface area contributed by atoms with Gasteiger partial charge in [-0.05, 0) is 37.3 Å². The van der Waals surface area contributed by atoms with Gasteiger partial charge in [-0.2, -0.15) is 4.39 Å². The van der Waals surface area contributed by atoms with Gasteiger partial charge in [0.1, 0.15) is 0 Å². The quantitative estimate of drug-likeness (QED) is 0.495. The molecule has 0 saturated heterocycles. The van der Waals surface area contributed by atoms with E-state index in [1.165, 1.54) is 19.1 Å². The van der Waals surface area contributed by atoms with Crippen LogP contribution in [-0.4, -0.2) is 22.9 Å². The maximum Gasteiger partial charge on any atom is 0.338 e. The minimum atomic E-state index is -1.18. The smallest absolute Gasteiger partial charge is 0.338 e. The van der Waals surface area contributed by atoms with E-state index in [1.54, 1.807) is 12.1 Å². The first-order valence-corrected chi connectivity index (χ1v) is 7.37. The van der Waals surface area contributed by atoms with Crippen LogP contribution in [0.1, 0.15) is 17.3 Å². The largest absolute Gasteiger partial charge is 0.449 e. The molecule has 9 heteroatoms. The number of amides is 1. The predicted molar refractivity (Wildman–Crippen MR) is 88.0 cm³/mol. The number of hydrogen-bond donors (Lipinski definition) is 1. The molecule has 2 rings (SSSR count). The van der Waals surface area contributed by atoms with Crippen LogP contribution in [0.5, 0.6) is 0 Å². The Morgan fingerprint density at radius 2 is 2.00 bits per heavy atom. The van der Waals surface area contributed by atoms with Crippen LogP contribution in [-0.2, 0) is 9.53 Å². The summed E-state index contributed by atoms with van der Waals surface area (Å²) in [6.07, 6.45) is -1.18. The lowest BCUT2D eigenvalue weighted by Gasteiger charge is -2.13. The van der Waals surface area contributed by atoms with Crippen LogP contribution in [0.3, 0.4) is 0 Å². The Balaban J connectivity index is 2.04. The number of benzene rings is 2. The van der Waals surface area contributed by atoms with Crippen molar-refractivity contribution in [1.29, 1.82) is 0 Å². The molecule has 0 radical (unpaired) electrons. The zero-order chi connectivity index (χ0) is 18.6. The van der Waals surface area contributed by atoms with Crippen LogP contribution in [0, 0.1) is 15.9 Å². The maximum atomic E-state index is 13.3. The van der Waals surface area contributed by atoms with E-state index in [4.69, 9.17) is 16.3 Å². The van der Waals surface area contributed by atoms with Gasteiger partial charge < -0.3 is 10.1 Å². The lowest BCUT2D eigenvalue weighted by molar-refractivity contribution is -0.387. The molecule has 1 N–H and O–H groups in total. The van der Waals surface area contributed by atoms with Crippen molar-refractivity contribution in [2.45, 2.75) is 13.0 Å². The first-order chi connectivity index (χ1) is 11.8. The Morgan fingerprint density at radius 3 is 2.64 bits per heavy atom. The summed E-state index contributed by atoms with van der Waals surface area (Å²) in [5, 5.41) is 13.4. The van der Waals surface area contributed by atoms with Gasteiger partial charge in [-0.3, -0.25) is 14.9 Å². The van der Waals surface area contributed by atoms with Crippen LogP contribution in [0.4, 0.5) is 15.8 Å². The lowest BCUT2D eigenvalue weighted by atomic mass is 10.2. The number of nitrogens with one attached hydrogen (secondary N) is 1. The van der Waals surface area contributed by atoms with Gasteiger partial charge in [0.25, 0.3) is 5.91 Å². The Bertz CT molecular complexity index is 843. The first-order valence-electron chi connectivity index (χ1n) is 6.99. The highest BCUT2D eigenvalue weighted by Gasteiger charge is 2.21. The van der Waals surface area contributed by atoms with Gasteiger partial charge in [0.15, 0.2) is 6.10 Å². The predicted octanol–water partition coefficient (Wildman–Crippen LogP) is 3.57. The Labute approximate surface area is 146 Å². The molecular formula is C16H12ClFN2O5. The number of carbonyl (C=O) groups is 2. The zero-order valence-corrected chi connectivity index (χ0v) is 13.6. The second kappa shape index (κ2) is 7.71. The number of nitro benzene ring substituents is 1. The minimum Gasteiger partial charge on any atom is -0.449 e. The summed E-state index contributed by atoms with van der Waals surface area (Å²) in [6, 6.07) is 8.89. The standard InChI is InChI=1S/C16H12ClFN2O5/c1-9(25-16(22)10-3-2-4-11(17)7-10)15(21)19-12-5-6-13(18)14(8-12)20(23)24/h2-9H,1H3,(H,19,21). The SMILES string of the molecule is CC(OC(=O)c1cccc(Cl)c1)C(=O)Nc1ccc(F)c([N+](=O)[O-])c1. The molecule has 0 saturated carbocycles. The number of anilines is 1. The fourth-order valence-corrected chi connectivity index (χ4v) is 2.06. The van der Waals surface area contributed by atoms with Gasteiger partial charge in [-0.25, -0.2) is 4.79 Å². The van der Waals surface area contributed by atoms with Gasteiger partial charge in [-0.1, -0.05) is 17.7 Å². The van der Waals surface area contributed by atoms with Gasteiger partial charge >= 0.3 is 11.7 Å². The zero-order valence-electron chi connectivity index (χ0n) is 12.9. The van der Waals surface area contributed by atoms with E-state index in [1.807, 2.05) is 0 Å². The topological polar surface area (TPSA) is 98.5 Å². The molecule has 1 unspecified atom stereocenters. The number of rotatable bonds is 5. The van der Waals surface area contributed by atoms with E-state index >= 15 is 0 Å². The molecule has 0 fully saturated rings. The molecule has 0 heterocycles. The van der Waals surface area contributed by atoms with Gasteiger partial charge in [0.05, 0.1) is 10.5 Å². The van der Waals surface area contributed by atoms with Crippen molar-refractivity contribution in [1.82, 2.24) is 0 Å². The van der Waals surface area contributed by atoms with Crippen LogP contribution >= 0.6 is 11.6 Å². The number of halogens is 2. The molecule has 130 valence electrons. The number of ether oxygens (including phenoxy) is 1. The van der Waals surface area contributed by atoms with Gasteiger partial charge in [-0.15, -0.1) is 0 Å². The van der Waals surface area contributed by atoms with Crippen LogP contribution in [0.15, 0.2) is 42.5 Å². The second-order valence-corrected chi connectivity index (χ2v) is 5.41. The summed E-state index contributed by atoms with van der Waals surface area (Å²) in [6.45, 7) is 1.33. The molecular weight excluding hydrogens is 355 g/mol. The third-order valence-corrected chi connectivity index (χ3v) is 3.36. The monoisotopic (exact) mass is 366 g/mol. The molecule has 0 aliphatic rings. The molecule has 7 nitrogen and oxygen atoms in total. The Kier molecular flexibility index (Phi) is 5.66. The van der Waals surface area contributed by atoms with E-state index in [0.717, 1.165) is 18.2 Å². The number of carbonyl (C=O) groups excluding carboxylic acids is 2. The van der Waals surface area contributed by atoms with E-state index in [0.29, 0.717) is 5.02 Å². The molecule has 2 aromatic carbocycles. The van der Waals surface area contributed by atoms with Crippen molar-refractivity contribution < 1.29 is 23.6 Å². The fraction of sp³-hybridized carbons (Fsp3) is 0.125. The summed E-state index contributed by atoms with van der Waals surface area (Å²) in [5.41, 5.74) is -0.602. The van der Waals surface area contributed by atoms with Crippen LogP contribution < -0.4 is 5.32 Å². The van der Waals surface area contributed by atoms with Crippen molar-refractivity contribution in [3.63, 3.8) is 0 Å². The molecule has 0 spiro atoms. The molecule has 1 amide bonds. The van der Waals surface area contributed by atoms with Crippen LogP contribution in [0.2, 0.25) is 5.02 Å². The van der Waals surface area contributed by atoms with Crippen LogP contribution in [0.25, 0.3) is 0 Å². The average Bonchev–Trinajstić information content (AvgIpc) is 2.56. The number of nitrogens with zero attached hydrogens (tertiary/aromatic N) is 1. The van der Waals surface area contributed by atoms with E-state index in [-0.39, 0.29) is 11.3 Å². The van der Waals surface area contributed by atoms with Gasteiger partial charge in [0, 0.05) is 16.8 Å². The van der Waals surface area contributed by atoms with Gasteiger partial charge in [0.2, 0.25) is 5.82 Å². The van der Waals surface area contributed by atoms with Crippen molar-refractivity contribution >= 4 is 34.9 Å². The molecule has 25 heavy (non-hydrogen) atoms. The number of esters is 1. The van der Waals surface area contributed by atoms with Crippen molar-refractivity contribution in [2.75, 3.05) is 5.32 Å². The van der Waals surface area contributed by atoms with E-state index in [9.17, 15) is 24.1 Å². The lowest BCUT2D eigenvalue weighted by Crippen LogP contribution is -2.30. The summed E-state index contributed by atoms with van der Waals surface area (Å²) in [4.78, 5) is 33.8. The van der Waals surface area contributed by atoms with Crippen molar-refractivity contribution in [3.8, 4) is 0 Å². The highest BCUT2D eigenvalue weighted by Crippen LogP contribution is 2.22. The molecule has 0 bridgehead atoms. The maximum absolute atomic E-state index is 13.3. The molecule has 0 aliphatic heterocycles. The third-order valence-electron chi connectivity index (χ3n) is 3.12. The fourth-order valence-electron chi connectivity index (χ4n) is 1.87. The highest BCUT2D eigenvalue weighted by molar-refractivity contribution is 6.30. The summed E-state index contributed by atoms with van der Waals surface area (Å²) in [5.74, 6) is -2.50. The molecule has 2 aromatic rings. The minimum absolute atomic E-state index is 0.00348. The highest BCUT2D eigenvalue weighted by atomic mass is 35.5. The normalized spacial score (nSPS) is 11.5. The summed E-state index contributed by atoms with van der Waals surface area (Å²) in [7, 11) is 0. The third kappa shape index (κ3) is 4.74. The molecule has 0 aromatic heterocycles. The van der Waals surface area contributed by atoms with Crippen molar-refractivity contribution in [3.05, 3.63) is 69.0 Å². The van der Waals surface area contributed by atoms with E-state index < -0.39 is 34.4 Å². The van der Waals surface area contributed by atoms with Crippen molar-refractivity contribution in [2.24, 2.45) is 0 Å². The Morgan fingerprint density at radius 1 is 1.28 bits per heavy atom. The summed E-state index contributed by atoms with van der Waals surface area (Å²) >= 11 is 5.78. The summed E-state index contributed by atoms with van der Waals surface area (Å²) < 4.78 is 18.3. The molecule has 0 aliphatic carbocycles. The number of nitro groups is 1. The number of hydrogen-bond acceptors (Lipinski definition) is 5. The molecule has 1 atom stereocenters. The second-order valence-electron chi connectivity index (χ2n) is 4.97. The van der Waals surface area contributed by atoms with E-state index in [2.05, 4.69) is 5.32 Å². The average molecular weight is 367 g/mol. The first kappa shape index (κ1) is 18.3.